The van der Waals surface area contributed by atoms with Crippen molar-refractivity contribution < 1.29 is 30.0 Å². The van der Waals surface area contributed by atoms with Crippen molar-refractivity contribution in [1.29, 1.82) is 0 Å². The predicted molar refractivity (Wildman–Crippen MR) is 242 cm³/mol. The molecule has 0 amide bonds. The molecule has 6 heteroatoms. The molecule has 0 fully saturated rings. The first-order chi connectivity index (χ1) is 25.9. The summed E-state index contributed by atoms with van der Waals surface area (Å²) >= 11 is 3.74. The second-order valence-electron chi connectivity index (χ2n) is 17.4. The van der Waals surface area contributed by atoms with Crippen LogP contribution >= 0.6 is 22.7 Å². The van der Waals surface area contributed by atoms with Gasteiger partial charge in [0.15, 0.2) is 5.78 Å². The molecule has 0 aliphatic heterocycles. The van der Waals surface area contributed by atoms with Gasteiger partial charge in [-0.25, -0.2) is 0 Å². The number of fused-ring (bicyclic) bond motifs is 3. The van der Waals surface area contributed by atoms with Gasteiger partial charge in [-0.1, -0.05) is 124 Å². The van der Waals surface area contributed by atoms with Gasteiger partial charge in [-0.3, -0.25) is 9.78 Å². The summed E-state index contributed by atoms with van der Waals surface area (Å²) in [6, 6.07) is 26.3. The van der Waals surface area contributed by atoms with Crippen LogP contribution < -0.4 is 0 Å². The van der Waals surface area contributed by atoms with Crippen LogP contribution in [0.25, 0.3) is 53.5 Å². The Bertz CT molecular complexity index is 2340. The van der Waals surface area contributed by atoms with Gasteiger partial charge in [0, 0.05) is 62.5 Å². The van der Waals surface area contributed by atoms with Crippen molar-refractivity contribution in [2.75, 3.05) is 0 Å². The van der Waals surface area contributed by atoms with Gasteiger partial charge in [0.2, 0.25) is 0 Å². The molecular weight excluding hydrogens is 903 g/mol. The zero-order valence-electron chi connectivity index (χ0n) is 35.9. The molecule has 3 heterocycles. The first kappa shape index (κ1) is 45.6. The maximum absolute atomic E-state index is 12.2. The van der Waals surface area contributed by atoms with E-state index in [0.717, 1.165) is 53.6 Å². The number of aliphatic hydroxyl groups excluding tert-OH is 1. The van der Waals surface area contributed by atoms with Gasteiger partial charge in [0.25, 0.3) is 0 Å². The molecule has 3 aromatic carbocycles. The molecule has 6 rings (SSSR count). The minimum Gasteiger partial charge on any atom is -0.512 e. The van der Waals surface area contributed by atoms with E-state index in [0.29, 0.717) is 5.92 Å². The number of thiophene rings is 2. The molecule has 0 bridgehead atoms. The largest absolute Gasteiger partial charge is 0.512 e. The summed E-state index contributed by atoms with van der Waals surface area (Å²) < 4.78 is 1.36. The molecule has 0 saturated heterocycles. The van der Waals surface area contributed by atoms with Gasteiger partial charge in [0.1, 0.15) is 10.6 Å². The maximum Gasteiger partial charge on any atom is 0.164 e. The minimum atomic E-state index is -0.337. The molecule has 0 aliphatic rings. The van der Waals surface area contributed by atoms with E-state index in [1.807, 2.05) is 52.9 Å². The smallest absolute Gasteiger partial charge is 0.164 e. The van der Waals surface area contributed by atoms with E-state index in [4.69, 9.17) is 4.98 Å². The molecule has 301 valence electrons. The summed E-state index contributed by atoms with van der Waals surface area (Å²) in [5.41, 5.74) is 6.69. The third kappa shape index (κ3) is 9.58. The van der Waals surface area contributed by atoms with Crippen LogP contribution in [0.3, 0.4) is 0 Å². The van der Waals surface area contributed by atoms with Crippen molar-refractivity contribution in [3.05, 3.63) is 99.4 Å². The molecule has 0 saturated carbocycles. The van der Waals surface area contributed by atoms with Gasteiger partial charge in [-0.05, 0) is 91.5 Å². The molecule has 0 aliphatic carbocycles. The number of nitrogens with zero attached hydrogens (tertiary/aromatic N) is 1. The number of hydrogen-bond acceptors (Lipinski definition) is 5. The van der Waals surface area contributed by atoms with E-state index in [1.54, 1.807) is 11.3 Å². The summed E-state index contributed by atoms with van der Waals surface area (Å²) in [5, 5.41) is 15.2. The molecule has 1 N–H and O–H groups in total. The molecule has 0 unspecified atom stereocenters. The Morgan fingerprint density at radius 1 is 0.857 bits per heavy atom. The number of rotatable bonds is 11. The van der Waals surface area contributed by atoms with Gasteiger partial charge in [0.05, 0.1) is 0 Å². The molecular formula is C50H62IrNO2S2-. The normalized spacial score (nSPS) is 12.6. The van der Waals surface area contributed by atoms with Crippen molar-refractivity contribution in [2.45, 2.75) is 128 Å². The Morgan fingerprint density at radius 3 is 2.11 bits per heavy atom. The van der Waals surface area contributed by atoms with Gasteiger partial charge >= 0.3 is 0 Å². The third-order valence-electron chi connectivity index (χ3n) is 12.1. The molecule has 3 aromatic heterocycles. The van der Waals surface area contributed by atoms with E-state index in [1.165, 1.54) is 58.9 Å². The fraction of sp³-hybridized carbons (Fsp3) is 0.440. The Kier molecular flexibility index (Phi) is 14.8. The van der Waals surface area contributed by atoms with Crippen molar-refractivity contribution in [2.24, 2.45) is 16.7 Å². The molecule has 56 heavy (non-hydrogen) atoms. The average Bonchev–Trinajstić information content (AvgIpc) is 3.70. The van der Waals surface area contributed by atoms with Crippen LogP contribution in [-0.2, 0) is 36.7 Å². The number of carbonyl (C=O) groups excluding carboxylic acids is 1. The molecule has 3 nitrogen and oxygen atoms in total. The second kappa shape index (κ2) is 18.2. The van der Waals surface area contributed by atoms with Gasteiger partial charge in [-0.2, -0.15) is 0 Å². The summed E-state index contributed by atoms with van der Waals surface area (Å²) in [7, 11) is 0. The Hall–Kier alpha value is -3.15. The number of hydrogen-bond donors (Lipinski definition) is 1. The molecule has 1 radical (unpaired) electrons. The first-order valence-electron chi connectivity index (χ1n) is 20.2. The number of pyridine rings is 1. The van der Waals surface area contributed by atoms with E-state index in [-0.39, 0.29) is 47.9 Å². The number of aliphatic hydroxyl groups is 1. The number of aryl methyl sites for hydroxylation is 2. The first-order valence-corrected chi connectivity index (χ1v) is 21.9. The average molecular weight is 965 g/mol. The Balaban J connectivity index is 0.000000330. The minimum absolute atomic E-state index is 0. The van der Waals surface area contributed by atoms with Crippen molar-refractivity contribution >= 4 is 59.5 Å². The number of ketones is 1. The Labute approximate surface area is 358 Å². The van der Waals surface area contributed by atoms with Crippen LogP contribution in [0.5, 0.6) is 0 Å². The van der Waals surface area contributed by atoms with Gasteiger partial charge < -0.3 is 5.11 Å². The molecule has 0 spiro atoms. The summed E-state index contributed by atoms with van der Waals surface area (Å²) in [5.74, 6) is 0.950. The van der Waals surface area contributed by atoms with E-state index >= 15 is 0 Å². The van der Waals surface area contributed by atoms with Crippen LogP contribution in [0.2, 0.25) is 0 Å². The fourth-order valence-corrected chi connectivity index (χ4v) is 9.52. The van der Waals surface area contributed by atoms with Crippen molar-refractivity contribution in [3.63, 3.8) is 0 Å². The van der Waals surface area contributed by atoms with Crippen LogP contribution in [0.4, 0.5) is 0 Å². The number of carbonyl (C=O) groups is 1. The SMILES string of the molecule is CCC(C)(CC)C(=O)/C=C(\O)C(C)(CC)CC.Cc1sc2nc(-c3[c-]c4ccccc4c(C(C)(C)C)c3)cc(-c3ccc4cc(CC(C)C)sc4c3)c2c1C.[Ir]. The van der Waals surface area contributed by atoms with Crippen LogP contribution in [-0.4, -0.2) is 15.9 Å². The maximum atomic E-state index is 12.2. The van der Waals surface area contributed by atoms with Crippen molar-refractivity contribution in [3.8, 4) is 22.4 Å². The molecule has 6 aromatic rings. The summed E-state index contributed by atoms with van der Waals surface area (Å²) in [6.45, 7) is 28.0. The van der Waals surface area contributed by atoms with Crippen molar-refractivity contribution in [1.82, 2.24) is 4.98 Å². The van der Waals surface area contributed by atoms with E-state index in [2.05, 4.69) is 115 Å². The van der Waals surface area contributed by atoms with Crippen LogP contribution in [0.1, 0.15) is 123 Å². The van der Waals surface area contributed by atoms with Crippen LogP contribution in [0.15, 0.2) is 72.5 Å². The summed E-state index contributed by atoms with van der Waals surface area (Å²) in [6.07, 6.45) is 5.89. The molecule has 0 atom stereocenters. The fourth-order valence-electron chi connectivity index (χ4n) is 7.15. The standard InChI is InChI=1S/C35H34NS2.C15H28O2.Ir/c1-20(2)14-27-16-25-13-12-24(18-32(25)38-27)29-19-31(36-34-33(29)21(3)22(4)37-34)26-15-23-10-8-9-11-28(23)30(17-26)35(5,6)7;1-7-14(5,8-2)12(16)11-13(17)15(6,9-3)10-4;/h8-13,16-20H,14H2,1-7H3;11,16H,7-10H2,1-6H3;/q-1;;/b;12-11-;. The monoisotopic (exact) mass is 965 g/mol. The third-order valence-corrected chi connectivity index (χ3v) is 14.3. The Morgan fingerprint density at radius 2 is 1.50 bits per heavy atom. The van der Waals surface area contributed by atoms with E-state index in [9.17, 15) is 9.90 Å². The number of aromatic nitrogens is 1. The summed E-state index contributed by atoms with van der Waals surface area (Å²) in [4.78, 5) is 21.3. The predicted octanol–water partition coefficient (Wildman–Crippen LogP) is 15.6. The topological polar surface area (TPSA) is 50.2 Å². The van der Waals surface area contributed by atoms with Crippen LogP contribution in [0, 0.1) is 36.7 Å². The zero-order valence-corrected chi connectivity index (χ0v) is 39.9. The van der Waals surface area contributed by atoms with Gasteiger partial charge in [-0.15, -0.1) is 51.8 Å². The van der Waals surface area contributed by atoms with E-state index < -0.39 is 0 Å². The number of benzene rings is 3. The quantitative estimate of drug-likeness (QED) is 0.0800. The zero-order chi connectivity index (χ0) is 40.5. The number of allylic oxidation sites excluding steroid dienone is 2. The second-order valence-corrected chi connectivity index (χ2v) is 19.8.